The Balaban J connectivity index is 1.80. The summed E-state index contributed by atoms with van der Waals surface area (Å²) in [6.07, 6.45) is 3.25. The van der Waals surface area contributed by atoms with E-state index in [1.165, 1.54) is 30.4 Å². The summed E-state index contributed by atoms with van der Waals surface area (Å²) < 4.78 is 32.1. The maximum absolute atomic E-state index is 12.7. The SMILES string of the molecule is COCCNS(=O)(=O)c1ccc(C)c(C(=O)Nc2ccc3c(c2)CCC3)c1. The lowest BCUT2D eigenvalue weighted by Crippen LogP contribution is -2.27. The van der Waals surface area contributed by atoms with Gasteiger partial charge in [-0.15, -0.1) is 0 Å². The van der Waals surface area contributed by atoms with Crippen LogP contribution < -0.4 is 10.0 Å². The minimum Gasteiger partial charge on any atom is -0.383 e. The summed E-state index contributed by atoms with van der Waals surface area (Å²) in [7, 11) is -2.19. The molecule has 144 valence electrons. The van der Waals surface area contributed by atoms with Crippen LogP contribution in [0.25, 0.3) is 0 Å². The maximum atomic E-state index is 12.7. The molecule has 0 unspecified atom stereocenters. The molecule has 0 radical (unpaired) electrons. The number of ether oxygens (including phenoxy) is 1. The van der Waals surface area contributed by atoms with Gasteiger partial charge in [-0.05, 0) is 67.1 Å². The van der Waals surface area contributed by atoms with Gasteiger partial charge in [0.1, 0.15) is 0 Å². The highest BCUT2D eigenvalue weighted by molar-refractivity contribution is 7.89. The highest BCUT2D eigenvalue weighted by Crippen LogP contribution is 2.25. The van der Waals surface area contributed by atoms with Gasteiger partial charge in [-0.3, -0.25) is 4.79 Å². The number of carbonyl (C=O) groups is 1. The van der Waals surface area contributed by atoms with Gasteiger partial charge in [-0.1, -0.05) is 12.1 Å². The fourth-order valence-electron chi connectivity index (χ4n) is 3.22. The van der Waals surface area contributed by atoms with Crippen molar-refractivity contribution in [1.82, 2.24) is 4.72 Å². The van der Waals surface area contributed by atoms with Crippen LogP contribution in [0.1, 0.15) is 33.5 Å². The third-order valence-electron chi connectivity index (χ3n) is 4.72. The first kappa shape index (κ1) is 19.5. The van der Waals surface area contributed by atoms with E-state index in [2.05, 4.69) is 10.0 Å². The Morgan fingerprint density at radius 2 is 1.89 bits per heavy atom. The zero-order chi connectivity index (χ0) is 19.4. The first-order chi connectivity index (χ1) is 12.9. The molecule has 0 aromatic heterocycles. The van der Waals surface area contributed by atoms with E-state index in [0.717, 1.165) is 24.9 Å². The quantitative estimate of drug-likeness (QED) is 0.714. The number of hydrogen-bond acceptors (Lipinski definition) is 4. The van der Waals surface area contributed by atoms with Crippen molar-refractivity contribution in [3.63, 3.8) is 0 Å². The molecule has 7 heteroatoms. The van der Waals surface area contributed by atoms with Gasteiger partial charge in [0.2, 0.25) is 10.0 Å². The summed E-state index contributed by atoms with van der Waals surface area (Å²) in [4.78, 5) is 12.8. The number of anilines is 1. The van der Waals surface area contributed by atoms with E-state index >= 15 is 0 Å². The molecule has 1 aliphatic rings. The van der Waals surface area contributed by atoms with Crippen LogP contribution in [-0.4, -0.2) is 34.6 Å². The summed E-state index contributed by atoms with van der Waals surface area (Å²) in [6, 6.07) is 10.5. The topological polar surface area (TPSA) is 84.5 Å². The van der Waals surface area contributed by atoms with Crippen LogP contribution in [0.15, 0.2) is 41.3 Å². The predicted octanol–water partition coefficient (Wildman–Crippen LogP) is 2.66. The van der Waals surface area contributed by atoms with E-state index in [-0.39, 0.29) is 24.0 Å². The summed E-state index contributed by atoms with van der Waals surface area (Å²) in [5.74, 6) is -0.320. The van der Waals surface area contributed by atoms with E-state index in [4.69, 9.17) is 4.74 Å². The van der Waals surface area contributed by atoms with Crippen LogP contribution in [0.2, 0.25) is 0 Å². The van der Waals surface area contributed by atoms with Gasteiger partial charge < -0.3 is 10.1 Å². The van der Waals surface area contributed by atoms with Crippen molar-refractivity contribution >= 4 is 21.6 Å². The Hall–Kier alpha value is -2.22. The van der Waals surface area contributed by atoms with E-state index in [1.54, 1.807) is 13.0 Å². The molecule has 0 atom stereocenters. The van der Waals surface area contributed by atoms with Gasteiger partial charge in [0.25, 0.3) is 5.91 Å². The molecule has 1 aliphatic carbocycles. The van der Waals surface area contributed by atoms with Gasteiger partial charge in [-0.2, -0.15) is 0 Å². The Morgan fingerprint density at radius 3 is 2.67 bits per heavy atom. The van der Waals surface area contributed by atoms with Gasteiger partial charge in [0, 0.05) is 24.9 Å². The number of hydrogen-bond donors (Lipinski definition) is 2. The molecule has 2 N–H and O–H groups in total. The van der Waals surface area contributed by atoms with Crippen molar-refractivity contribution in [3.8, 4) is 0 Å². The number of aryl methyl sites for hydroxylation is 3. The lowest BCUT2D eigenvalue weighted by molar-refractivity contribution is 0.102. The second kappa shape index (κ2) is 8.21. The van der Waals surface area contributed by atoms with Crippen molar-refractivity contribution in [3.05, 3.63) is 58.7 Å². The molecule has 27 heavy (non-hydrogen) atoms. The molecule has 0 heterocycles. The van der Waals surface area contributed by atoms with Crippen molar-refractivity contribution in [2.45, 2.75) is 31.1 Å². The fourth-order valence-corrected chi connectivity index (χ4v) is 4.26. The van der Waals surface area contributed by atoms with Crippen molar-refractivity contribution in [2.24, 2.45) is 0 Å². The summed E-state index contributed by atoms with van der Waals surface area (Å²) in [5.41, 5.74) is 4.38. The second-order valence-corrected chi connectivity index (χ2v) is 8.43. The van der Waals surface area contributed by atoms with Crippen molar-refractivity contribution < 1.29 is 17.9 Å². The largest absolute Gasteiger partial charge is 0.383 e. The molecule has 2 aromatic carbocycles. The van der Waals surface area contributed by atoms with Crippen LogP contribution in [0.4, 0.5) is 5.69 Å². The van der Waals surface area contributed by atoms with Crippen molar-refractivity contribution in [1.29, 1.82) is 0 Å². The molecule has 1 amide bonds. The third-order valence-corrected chi connectivity index (χ3v) is 6.18. The molecule has 6 nitrogen and oxygen atoms in total. The number of amides is 1. The first-order valence-corrected chi connectivity index (χ1v) is 10.4. The van der Waals surface area contributed by atoms with Gasteiger partial charge in [0.05, 0.1) is 11.5 Å². The molecule has 0 aliphatic heterocycles. The third kappa shape index (κ3) is 4.55. The van der Waals surface area contributed by atoms with Gasteiger partial charge in [0.15, 0.2) is 0 Å². The molecular weight excluding hydrogens is 364 g/mol. The van der Waals surface area contributed by atoms with E-state index in [1.807, 2.05) is 18.2 Å². The van der Waals surface area contributed by atoms with E-state index in [9.17, 15) is 13.2 Å². The van der Waals surface area contributed by atoms with Crippen LogP contribution in [0.3, 0.4) is 0 Å². The smallest absolute Gasteiger partial charge is 0.255 e. The number of fused-ring (bicyclic) bond motifs is 1. The number of rotatable bonds is 7. The summed E-state index contributed by atoms with van der Waals surface area (Å²) in [6.45, 7) is 2.23. The molecule has 0 saturated carbocycles. The maximum Gasteiger partial charge on any atom is 0.255 e. The molecule has 0 saturated heterocycles. The zero-order valence-electron chi connectivity index (χ0n) is 15.5. The molecule has 0 fully saturated rings. The molecular formula is C20H24N2O4S. The molecule has 0 bridgehead atoms. The lowest BCUT2D eigenvalue weighted by atomic mass is 10.1. The summed E-state index contributed by atoms with van der Waals surface area (Å²) >= 11 is 0. The number of sulfonamides is 1. The summed E-state index contributed by atoms with van der Waals surface area (Å²) in [5, 5.41) is 2.89. The fraction of sp³-hybridized carbons (Fsp3) is 0.350. The van der Waals surface area contributed by atoms with Crippen LogP contribution in [-0.2, 0) is 27.6 Å². The number of carbonyl (C=O) groups excluding carboxylic acids is 1. The van der Waals surface area contributed by atoms with Crippen LogP contribution in [0, 0.1) is 6.92 Å². The Labute approximate surface area is 160 Å². The standard InChI is InChI=1S/C20H24N2O4S/c1-14-6-9-18(27(24,25)21-10-11-26-2)13-19(14)20(23)22-17-8-7-15-4-3-5-16(15)12-17/h6-9,12-13,21H,3-5,10-11H2,1-2H3,(H,22,23). The average molecular weight is 388 g/mol. The second-order valence-electron chi connectivity index (χ2n) is 6.66. The Morgan fingerprint density at radius 1 is 1.11 bits per heavy atom. The number of nitrogens with one attached hydrogen (secondary N) is 2. The minimum absolute atomic E-state index is 0.0586. The highest BCUT2D eigenvalue weighted by atomic mass is 32.2. The first-order valence-electron chi connectivity index (χ1n) is 8.93. The Kier molecular flexibility index (Phi) is 5.94. The monoisotopic (exact) mass is 388 g/mol. The predicted molar refractivity (Wildman–Crippen MR) is 105 cm³/mol. The van der Waals surface area contributed by atoms with Crippen LogP contribution in [0.5, 0.6) is 0 Å². The highest BCUT2D eigenvalue weighted by Gasteiger charge is 2.18. The van der Waals surface area contributed by atoms with Gasteiger partial charge in [-0.25, -0.2) is 13.1 Å². The molecule has 0 spiro atoms. The lowest BCUT2D eigenvalue weighted by Gasteiger charge is -2.12. The zero-order valence-corrected chi connectivity index (χ0v) is 16.4. The molecule has 2 aromatic rings. The molecule has 3 rings (SSSR count). The number of benzene rings is 2. The van der Waals surface area contributed by atoms with Crippen LogP contribution >= 0.6 is 0 Å². The van der Waals surface area contributed by atoms with E-state index in [0.29, 0.717) is 11.1 Å². The number of methoxy groups -OCH3 is 1. The minimum atomic E-state index is -3.70. The average Bonchev–Trinajstić information content (AvgIpc) is 3.09. The van der Waals surface area contributed by atoms with Crippen molar-refractivity contribution in [2.75, 3.05) is 25.6 Å². The Bertz CT molecular complexity index is 954. The van der Waals surface area contributed by atoms with E-state index < -0.39 is 10.0 Å². The van der Waals surface area contributed by atoms with Gasteiger partial charge >= 0.3 is 0 Å². The normalized spacial score (nSPS) is 13.4.